The van der Waals surface area contributed by atoms with E-state index in [0.717, 1.165) is 12.1 Å². The molecule has 1 heterocycles. The van der Waals surface area contributed by atoms with Crippen molar-refractivity contribution in [3.8, 4) is 0 Å². The zero-order chi connectivity index (χ0) is 12.1. The van der Waals surface area contributed by atoms with E-state index in [2.05, 4.69) is 5.32 Å². The van der Waals surface area contributed by atoms with Gasteiger partial charge < -0.3 is 15.0 Å². The molecule has 0 unspecified atom stereocenters. The minimum Gasteiger partial charge on any atom is -0.372 e. The molecule has 2 rings (SSSR count). The molecule has 0 aromatic heterocycles. The van der Waals surface area contributed by atoms with Crippen molar-refractivity contribution in [1.82, 2.24) is 10.2 Å². The maximum atomic E-state index is 12.1. The number of benzene rings is 1. The normalized spacial score (nSPS) is 15.9. The molecule has 91 valence electrons. The van der Waals surface area contributed by atoms with Crippen LogP contribution in [0.3, 0.4) is 0 Å². The van der Waals surface area contributed by atoms with Crippen molar-refractivity contribution in [3.05, 3.63) is 42.0 Å². The third kappa shape index (κ3) is 3.05. The van der Waals surface area contributed by atoms with Gasteiger partial charge >= 0.3 is 0 Å². The highest BCUT2D eigenvalue weighted by Gasteiger charge is 2.18. The molecule has 17 heavy (non-hydrogen) atoms. The Morgan fingerprint density at radius 3 is 2.76 bits per heavy atom. The Balaban J connectivity index is 2.03. The van der Waals surface area contributed by atoms with Crippen LogP contribution in [0, 0.1) is 6.61 Å². The maximum absolute atomic E-state index is 12.1. The van der Waals surface area contributed by atoms with E-state index in [1.54, 1.807) is 11.5 Å². The minimum absolute atomic E-state index is 0.0700. The van der Waals surface area contributed by atoms with Gasteiger partial charge in [-0.1, -0.05) is 12.1 Å². The van der Waals surface area contributed by atoms with Crippen LogP contribution in [0.5, 0.6) is 0 Å². The molecule has 4 nitrogen and oxygen atoms in total. The van der Waals surface area contributed by atoms with E-state index in [-0.39, 0.29) is 5.91 Å². The average molecular weight is 233 g/mol. The van der Waals surface area contributed by atoms with E-state index in [0.29, 0.717) is 19.7 Å². The molecule has 1 amide bonds. The molecule has 1 fully saturated rings. The van der Waals surface area contributed by atoms with Crippen LogP contribution in [-0.4, -0.2) is 37.6 Å². The molecule has 0 aliphatic carbocycles. The second-order valence-corrected chi connectivity index (χ2v) is 4.02. The molecular formula is C13H17N2O2. The zero-order valence-electron chi connectivity index (χ0n) is 9.98. The first-order valence-electron chi connectivity index (χ1n) is 5.77. The number of nitrogens with zero attached hydrogens (tertiary/aromatic N) is 1. The van der Waals surface area contributed by atoms with Crippen molar-refractivity contribution >= 4 is 5.91 Å². The van der Waals surface area contributed by atoms with Crippen molar-refractivity contribution in [2.75, 3.05) is 26.7 Å². The number of rotatable bonds is 3. The van der Waals surface area contributed by atoms with Crippen molar-refractivity contribution in [2.24, 2.45) is 0 Å². The second kappa shape index (κ2) is 5.80. The fourth-order valence-electron chi connectivity index (χ4n) is 1.82. The fourth-order valence-corrected chi connectivity index (χ4v) is 1.82. The third-order valence-corrected chi connectivity index (χ3v) is 2.76. The first-order chi connectivity index (χ1) is 8.31. The molecule has 1 aromatic carbocycles. The molecule has 1 aliphatic heterocycles. The standard InChI is InChI=1S/C13H17N2O2/c1-14-10-11-2-4-12(5-3-11)13(16)15-6-8-17-9-7-15/h2-5,8,14H,6-7,9-10H2,1H3. The summed E-state index contributed by atoms with van der Waals surface area (Å²) in [5, 5.41) is 3.08. The lowest BCUT2D eigenvalue weighted by molar-refractivity contribution is 0.0528. The Morgan fingerprint density at radius 1 is 1.41 bits per heavy atom. The Hall–Kier alpha value is -1.39. The van der Waals surface area contributed by atoms with E-state index >= 15 is 0 Å². The van der Waals surface area contributed by atoms with Gasteiger partial charge in [-0.3, -0.25) is 4.79 Å². The van der Waals surface area contributed by atoms with Crippen LogP contribution in [-0.2, 0) is 11.3 Å². The molecule has 1 aliphatic rings. The predicted molar refractivity (Wildman–Crippen MR) is 65.4 cm³/mol. The summed E-state index contributed by atoms with van der Waals surface area (Å²) in [6.45, 7) is 4.31. The SMILES string of the molecule is CNCc1ccc(C(=O)N2C[CH]OCC2)cc1. The highest BCUT2D eigenvalue weighted by atomic mass is 16.5. The number of carbonyl (C=O) groups is 1. The van der Waals surface area contributed by atoms with E-state index in [1.807, 2.05) is 31.3 Å². The number of ether oxygens (including phenoxy) is 1. The van der Waals surface area contributed by atoms with Gasteiger partial charge in [0.15, 0.2) is 0 Å². The van der Waals surface area contributed by atoms with Crippen LogP contribution in [0.25, 0.3) is 0 Å². The van der Waals surface area contributed by atoms with Crippen LogP contribution in [0.2, 0.25) is 0 Å². The predicted octanol–water partition coefficient (Wildman–Crippen LogP) is 1.04. The average Bonchev–Trinajstić information content (AvgIpc) is 2.40. The lowest BCUT2D eigenvalue weighted by Crippen LogP contribution is -2.38. The zero-order valence-corrected chi connectivity index (χ0v) is 9.98. The summed E-state index contributed by atoms with van der Waals surface area (Å²) in [5.41, 5.74) is 1.91. The molecule has 4 heteroatoms. The van der Waals surface area contributed by atoms with Gasteiger partial charge in [-0.25, -0.2) is 0 Å². The Morgan fingerprint density at radius 2 is 2.18 bits per heavy atom. The summed E-state index contributed by atoms with van der Waals surface area (Å²) in [6.07, 6.45) is 0. The molecule has 1 N–H and O–H groups in total. The van der Waals surface area contributed by atoms with Gasteiger partial charge in [0.2, 0.25) is 0 Å². The third-order valence-electron chi connectivity index (χ3n) is 2.76. The van der Waals surface area contributed by atoms with Crippen molar-refractivity contribution in [3.63, 3.8) is 0 Å². The largest absolute Gasteiger partial charge is 0.372 e. The van der Waals surface area contributed by atoms with Crippen molar-refractivity contribution < 1.29 is 9.53 Å². The molecule has 0 saturated carbocycles. The molecule has 1 radical (unpaired) electrons. The monoisotopic (exact) mass is 233 g/mol. The second-order valence-electron chi connectivity index (χ2n) is 4.02. The van der Waals surface area contributed by atoms with Gasteiger partial charge in [-0.15, -0.1) is 0 Å². The number of hydrogen-bond donors (Lipinski definition) is 1. The molecule has 0 atom stereocenters. The molecular weight excluding hydrogens is 216 g/mol. The summed E-state index contributed by atoms with van der Waals surface area (Å²) in [7, 11) is 1.91. The molecule has 1 saturated heterocycles. The summed E-state index contributed by atoms with van der Waals surface area (Å²) in [6, 6.07) is 7.72. The number of carbonyl (C=O) groups excluding carboxylic acids is 1. The summed E-state index contributed by atoms with van der Waals surface area (Å²) >= 11 is 0. The first-order valence-corrected chi connectivity index (χ1v) is 5.77. The maximum Gasteiger partial charge on any atom is 0.254 e. The van der Waals surface area contributed by atoms with E-state index in [9.17, 15) is 4.79 Å². The smallest absolute Gasteiger partial charge is 0.254 e. The van der Waals surface area contributed by atoms with Crippen molar-refractivity contribution in [2.45, 2.75) is 6.54 Å². The highest BCUT2D eigenvalue weighted by Crippen LogP contribution is 2.10. The number of hydrogen-bond acceptors (Lipinski definition) is 3. The lowest BCUT2D eigenvalue weighted by Gasteiger charge is -2.26. The van der Waals surface area contributed by atoms with Crippen molar-refractivity contribution in [1.29, 1.82) is 0 Å². The fraction of sp³-hybridized carbons (Fsp3) is 0.385. The summed E-state index contributed by atoms with van der Waals surface area (Å²) in [4.78, 5) is 13.9. The van der Waals surface area contributed by atoms with Crippen LogP contribution in [0.1, 0.15) is 15.9 Å². The quantitative estimate of drug-likeness (QED) is 0.848. The Kier molecular flexibility index (Phi) is 4.12. The molecule has 1 aromatic rings. The summed E-state index contributed by atoms with van der Waals surface area (Å²) in [5.74, 6) is 0.0700. The molecule has 0 spiro atoms. The van der Waals surface area contributed by atoms with Gasteiger partial charge in [0.25, 0.3) is 5.91 Å². The molecule has 0 bridgehead atoms. The van der Waals surface area contributed by atoms with E-state index in [4.69, 9.17) is 4.74 Å². The van der Waals surface area contributed by atoms with E-state index < -0.39 is 0 Å². The summed E-state index contributed by atoms with van der Waals surface area (Å²) < 4.78 is 5.11. The Labute approximate surface area is 102 Å². The topological polar surface area (TPSA) is 41.6 Å². The highest BCUT2D eigenvalue weighted by molar-refractivity contribution is 5.94. The van der Waals surface area contributed by atoms with Crippen LogP contribution in [0.15, 0.2) is 24.3 Å². The van der Waals surface area contributed by atoms with Gasteiger partial charge in [-0.05, 0) is 24.7 Å². The Bertz CT molecular complexity index is 370. The van der Waals surface area contributed by atoms with Crippen LogP contribution in [0.4, 0.5) is 0 Å². The van der Waals surface area contributed by atoms with Gasteiger partial charge in [0.05, 0.1) is 6.61 Å². The first kappa shape index (κ1) is 12.1. The van der Waals surface area contributed by atoms with Gasteiger partial charge in [-0.2, -0.15) is 0 Å². The minimum atomic E-state index is 0.0700. The number of nitrogens with one attached hydrogen (secondary N) is 1. The lowest BCUT2D eigenvalue weighted by atomic mass is 10.1. The van der Waals surface area contributed by atoms with E-state index in [1.165, 1.54) is 5.56 Å². The van der Waals surface area contributed by atoms with Gasteiger partial charge in [0, 0.05) is 25.2 Å². The van der Waals surface area contributed by atoms with Crippen LogP contribution < -0.4 is 5.32 Å². The van der Waals surface area contributed by atoms with Gasteiger partial charge in [0.1, 0.15) is 6.61 Å². The number of morpholine rings is 1. The van der Waals surface area contributed by atoms with Crippen LogP contribution >= 0.6 is 0 Å². The number of amides is 1.